The summed E-state index contributed by atoms with van der Waals surface area (Å²) in [4.78, 5) is 69.2. The molecule has 1 N–H and O–H groups in total. The van der Waals surface area contributed by atoms with Crippen LogP contribution in [0.2, 0.25) is 0 Å². The van der Waals surface area contributed by atoms with Crippen LogP contribution in [0.25, 0.3) is 0 Å². The molecule has 8 aromatic rings. The van der Waals surface area contributed by atoms with Gasteiger partial charge in [0.2, 0.25) is 23.0 Å². The number of anilines is 4. The van der Waals surface area contributed by atoms with Crippen molar-refractivity contribution in [3.8, 4) is 115 Å². The van der Waals surface area contributed by atoms with Gasteiger partial charge in [-0.1, -0.05) is 50.6 Å². The Morgan fingerprint density at radius 3 is 0.752 bits per heavy atom. The van der Waals surface area contributed by atoms with Gasteiger partial charge in [0.25, 0.3) is 23.6 Å². The zero-order valence-corrected chi connectivity index (χ0v) is 74.4. The molecule has 0 aromatic heterocycles. The number of benzene rings is 8. The van der Waals surface area contributed by atoms with Gasteiger partial charge >= 0.3 is 5.97 Å². The van der Waals surface area contributed by atoms with Crippen LogP contribution in [-0.4, -0.2) is 200 Å². The third kappa shape index (κ3) is 20.4. The second kappa shape index (κ2) is 44.6. The summed E-state index contributed by atoms with van der Waals surface area (Å²) in [5.74, 6) is 9.11. The molecule has 0 radical (unpaired) electrons. The van der Waals surface area contributed by atoms with Crippen molar-refractivity contribution in [3.05, 3.63) is 192 Å². The molecule has 31 nitrogen and oxygen atoms in total. The molecule has 668 valence electrons. The van der Waals surface area contributed by atoms with E-state index < -0.39 is 12.0 Å². The van der Waals surface area contributed by atoms with Crippen molar-refractivity contribution in [2.45, 2.75) is 43.9 Å². The third-order valence-electron chi connectivity index (χ3n) is 20.1. The fourth-order valence-corrected chi connectivity index (χ4v) is 14.3. The number of halogens is 2. The Bertz CT molecular complexity index is 4990. The number of esters is 1. The van der Waals surface area contributed by atoms with E-state index in [1.165, 1.54) is 92.4 Å². The number of hydrogen-bond donors (Lipinski definition) is 1. The highest BCUT2D eigenvalue weighted by Crippen LogP contribution is 2.54. The highest BCUT2D eigenvalue weighted by atomic mass is 35.5. The Morgan fingerprint density at radius 1 is 0.312 bits per heavy atom. The summed E-state index contributed by atoms with van der Waals surface area (Å²) in [5.41, 5.74) is 7.40. The van der Waals surface area contributed by atoms with Gasteiger partial charge in [0.1, 0.15) is 6.61 Å². The maximum atomic E-state index is 12.8. The minimum atomic E-state index is -0.493. The van der Waals surface area contributed by atoms with E-state index in [0.717, 1.165) is 22.3 Å². The third-order valence-corrected chi connectivity index (χ3v) is 20.6. The molecule has 125 heavy (non-hydrogen) atoms. The average molecular weight is 1770 g/mol. The van der Waals surface area contributed by atoms with Crippen LogP contribution in [0.5, 0.6) is 115 Å². The summed E-state index contributed by atoms with van der Waals surface area (Å²) in [6.07, 6.45) is 1.21. The first-order chi connectivity index (χ1) is 60.4. The Morgan fingerprint density at radius 2 is 0.544 bits per heavy atom. The highest BCUT2D eigenvalue weighted by molar-refractivity contribution is 6.19. The van der Waals surface area contributed by atoms with Gasteiger partial charge in [-0.15, -0.1) is 23.2 Å². The molecule has 33 heteroatoms. The summed E-state index contributed by atoms with van der Waals surface area (Å²) in [7, 11) is 24.5. The lowest BCUT2D eigenvalue weighted by molar-refractivity contribution is -0.145. The molecule has 0 aliphatic carbocycles. The Hall–Kier alpha value is -13.4. The molecule has 8 aromatic carbocycles. The molecule has 12 rings (SSSR count). The second-order valence-electron chi connectivity index (χ2n) is 27.0. The summed E-state index contributed by atoms with van der Waals surface area (Å²) >= 11 is 11.5. The molecule has 0 bridgehead atoms. The predicted molar refractivity (Wildman–Crippen MR) is 470 cm³/mol. The van der Waals surface area contributed by atoms with Crippen molar-refractivity contribution in [2.75, 3.05) is 185 Å². The lowest BCUT2D eigenvalue weighted by Crippen LogP contribution is -2.48. The van der Waals surface area contributed by atoms with E-state index >= 15 is 0 Å². The summed E-state index contributed by atoms with van der Waals surface area (Å²) in [6, 6.07) is 34.0. The number of rotatable bonds is 39. The smallest absolute Gasteiger partial charge is 0.344 e. The molecule has 4 atom stereocenters. The standard InChI is InChI=1S/C24H27NO8.C23H26ClNO6.C23H27NO7.C22H24ClNO6/c1-7-32-21(26)13-33-18-10-15(8-9-17(18)28-3)22-14(2)24(27)25(22)16-11-19(29-4)23(31-6)20(12-16)30-5;1-14-21(15-7-8-17(27-2)18(11-15)31-10-6-9-24)25(23(14)26)16-12-19(28-3)22(30-5)20(13-16)29-4;1-14-21(15-7-8-17(27-2)18(11-15)31-10-6-9-25)24(23(14)26)16-12-19(28-3)22(30-5)20(13-16)29-4;1-13-20(14-6-7-16(26-2)17(10-14)30-9-8-23)24(22(13)25)15-11-18(27-3)21(29-5)19(12-15)28-4/h8-12,22H,2,7,13H2,1,3-6H3;7-8,11-13,21H,1,6,9-10H2,2-5H3;7-8,11-13,21,25H,1,6,9-10H2,2-5H3;6-7,10-12,20H,1,8-9H2,2-5H3/t22-;2*21-;20-/m1111/s1. The fourth-order valence-electron chi connectivity index (χ4n) is 14.1. The van der Waals surface area contributed by atoms with E-state index in [-0.39, 0.29) is 61.6 Å². The quantitative estimate of drug-likeness (QED) is 0.0123. The van der Waals surface area contributed by atoms with E-state index in [4.69, 9.17) is 128 Å². The van der Waals surface area contributed by atoms with Crippen molar-refractivity contribution < 1.29 is 129 Å². The van der Waals surface area contributed by atoms with E-state index in [9.17, 15) is 24.0 Å². The molecule has 4 fully saturated rings. The van der Waals surface area contributed by atoms with Gasteiger partial charge in [0.05, 0.1) is 186 Å². The molecule has 0 unspecified atom stereocenters. The summed E-state index contributed by atoms with van der Waals surface area (Å²) in [6.45, 7) is 18.7. The Kier molecular flexibility index (Phi) is 34.1. The lowest BCUT2D eigenvalue weighted by Gasteiger charge is -2.42. The lowest BCUT2D eigenvalue weighted by atomic mass is 9.88. The van der Waals surface area contributed by atoms with Crippen molar-refractivity contribution in [1.29, 1.82) is 0 Å². The number of hydrogen-bond acceptors (Lipinski definition) is 27. The molecule has 4 heterocycles. The van der Waals surface area contributed by atoms with E-state index in [1.54, 1.807) is 121 Å². The van der Waals surface area contributed by atoms with Crippen molar-refractivity contribution in [3.63, 3.8) is 0 Å². The van der Waals surface area contributed by atoms with Crippen LogP contribution in [0, 0.1) is 0 Å². The fraction of sp³-hybridized carbons (Fsp3) is 0.337. The molecular weight excluding hydrogens is 1660 g/mol. The van der Waals surface area contributed by atoms with E-state index in [2.05, 4.69) is 26.3 Å². The van der Waals surface area contributed by atoms with E-state index in [1.807, 2.05) is 48.5 Å². The number of carbonyl (C=O) groups excluding carboxylic acids is 5. The van der Waals surface area contributed by atoms with Crippen LogP contribution in [0.1, 0.15) is 66.2 Å². The van der Waals surface area contributed by atoms with Crippen LogP contribution in [0.3, 0.4) is 0 Å². The zero-order valence-electron chi connectivity index (χ0n) is 72.9. The first-order valence-electron chi connectivity index (χ1n) is 38.8. The maximum Gasteiger partial charge on any atom is 0.344 e. The molecule has 4 aliphatic heterocycles. The van der Waals surface area contributed by atoms with Crippen LogP contribution < -0.4 is 114 Å². The maximum absolute atomic E-state index is 12.8. The Balaban J connectivity index is 0.000000189. The number of ether oxygens (including phenoxy) is 21. The van der Waals surface area contributed by atoms with E-state index in [0.29, 0.717) is 204 Å². The second-order valence-corrected chi connectivity index (χ2v) is 27.8. The monoisotopic (exact) mass is 1770 g/mol. The van der Waals surface area contributed by atoms with Crippen molar-refractivity contribution in [1.82, 2.24) is 0 Å². The van der Waals surface area contributed by atoms with Crippen LogP contribution >= 0.6 is 23.2 Å². The first-order valence-corrected chi connectivity index (χ1v) is 39.9. The summed E-state index contributed by atoms with van der Waals surface area (Å²) in [5, 5.41) is 9.01. The molecular formula is C92H104Cl2N4O27. The average Bonchev–Trinajstić information content (AvgIpc) is 0.752. The Labute approximate surface area is 736 Å². The highest BCUT2D eigenvalue weighted by Gasteiger charge is 2.48. The minimum Gasteiger partial charge on any atom is -0.493 e. The number of amides is 4. The van der Waals surface area contributed by atoms with Crippen LogP contribution in [0.15, 0.2) is 170 Å². The van der Waals surface area contributed by atoms with Crippen LogP contribution in [0.4, 0.5) is 22.7 Å². The van der Waals surface area contributed by atoms with Gasteiger partial charge in [-0.05, 0) is 84.1 Å². The van der Waals surface area contributed by atoms with Gasteiger partial charge in [-0.2, -0.15) is 0 Å². The van der Waals surface area contributed by atoms with Gasteiger partial charge in [-0.3, -0.25) is 38.8 Å². The van der Waals surface area contributed by atoms with Gasteiger partial charge in [0.15, 0.2) is 98.6 Å². The number of methoxy groups -OCH3 is 16. The number of aliphatic hydroxyl groups is 1. The zero-order chi connectivity index (χ0) is 91.0. The molecule has 0 spiro atoms. The number of nitrogens with zero attached hydrogens (tertiary/aromatic N) is 4. The molecule has 0 saturated carbocycles. The topological polar surface area (TPSA) is 312 Å². The van der Waals surface area contributed by atoms with Gasteiger partial charge in [-0.25, -0.2) is 4.79 Å². The summed E-state index contributed by atoms with van der Waals surface area (Å²) < 4.78 is 114. The minimum absolute atomic E-state index is 0.0326. The van der Waals surface area contributed by atoms with Crippen molar-refractivity contribution in [2.24, 2.45) is 0 Å². The molecule has 4 amide bonds. The van der Waals surface area contributed by atoms with Crippen molar-refractivity contribution >= 4 is 75.5 Å². The SMILES string of the molecule is C=C1C(=O)N(c2cc(OC)c(OC)c(OC)c2)[C@H]1c1ccc(OC)c(OCC(=O)OCC)c1.C=C1C(=O)N(c2cc(OC)c(OC)c(OC)c2)[C@H]1c1ccc(OC)c(OCCCCl)c1.C=C1C(=O)N(c2cc(OC)c(OC)c(OC)c2)[C@H]1c1ccc(OC)c(OCCCO)c1.C=C1C(=O)N(c2cc(OC)c(OC)c(OC)c2)[C@H]1c1ccc(OC)c(OCCCl)c1. The van der Waals surface area contributed by atoms with Crippen LogP contribution in [-0.2, 0) is 28.7 Å². The number of aliphatic hydroxyl groups excluding tert-OH is 1. The van der Waals surface area contributed by atoms with Gasteiger partial charge in [0, 0.05) is 89.7 Å². The van der Waals surface area contributed by atoms with Gasteiger partial charge < -0.3 is 105 Å². The number of carbonyl (C=O) groups is 5. The normalized spacial score (nSPS) is 15.3. The largest absolute Gasteiger partial charge is 0.493 e. The number of β-lactam (4-membered cyclic amide) rings is 4. The predicted octanol–water partition coefficient (Wildman–Crippen LogP) is 14.8. The molecule has 4 aliphatic rings. The molecule has 4 saturated heterocycles. The first kappa shape index (κ1) is 95.4. The number of alkyl halides is 2.